The summed E-state index contributed by atoms with van der Waals surface area (Å²) in [5.41, 5.74) is 4.93. The fourth-order valence-electron chi connectivity index (χ4n) is 2.58. The molecule has 3 heteroatoms. The summed E-state index contributed by atoms with van der Waals surface area (Å²) in [4.78, 5) is 8.15. The van der Waals surface area contributed by atoms with E-state index in [-0.39, 0.29) is 0 Å². The normalized spacial score (nSPS) is 20.2. The lowest BCUT2D eigenvalue weighted by Gasteiger charge is -2.03. The van der Waals surface area contributed by atoms with Gasteiger partial charge in [-0.3, -0.25) is 0 Å². The number of aryl methyl sites for hydroxylation is 2. The van der Waals surface area contributed by atoms with Crippen LogP contribution in [0.1, 0.15) is 23.4 Å². The number of fused-ring (bicyclic) bond motifs is 1. The first-order valence-corrected chi connectivity index (χ1v) is 6.39. The molecule has 1 atom stereocenters. The minimum absolute atomic E-state index is 0.748. The van der Waals surface area contributed by atoms with Crippen LogP contribution in [-0.4, -0.2) is 23.1 Å². The van der Waals surface area contributed by atoms with Crippen LogP contribution in [0.4, 0.5) is 0 Å². The molecule has 3 rings (SSSR count). The van der Waals surface area contributed by atoms with Crippen molar-refractivity contribution in [1.82, 2.24) is 15.3 Å². The van der Waals surface area contributed by atoms with E-state index in [0.717, 1.165) is 36.8 Å². The minimum atomic E-state index is 0.748. The Morgan fingerprint density at radius 1 is 1.29 bits per heavy atom. The van der Waals surface area contributed by atoms with Crippen LogP contribution < -0.4 is 5.32 Å². The highest BCUT2D eigenvalue weighted by Gasteiger charge is 2.16. The summed E-state index contributed by atoms with van der Waals surface area (Å²) in [6, 6.07) is 4.38. The van der Waals surface area contributed by atoms with Crippen molar-refractivity contribution in [2.45, 2.75) is 26.7 Å². The molecule has 1 aliphatic rings. The summed E-state index contributed by atoms with van der Waals surface area (Å²) < 4.78 is 0. The van der Waals surface area contributed by atoms with Crippen LogP contribution in [0.3, 0.4) is 0 Å². The third-order valence-corrected chi connectivity index (χ3v) is 3.79. The van der Waals surface area contributed by atoms with Crippen molar-refractivity contribution < 1.29 is 0 Å². The number of nitrogens with one attached hydrogen (secondary N) is 2. The average Bonchev–Trinajstić information content (AvgIpc) is 2.89. The van der Waals surface area contributed by atoms with E-state index in [9.17, 15) is 0 Å². The predicted octanol–water partition coefficient (Wildman–Crippen LogP) is 2.33. The summed E-state index contributed by atoms with van der Waals surface area (Å²) in [5, 5.41) is 3.40. The van der Waals surface area contributed by atoms with E-state index >= 15 is 0 Å². The van der Waals surface area contributed by atoms with Crippen LogP contribution in [0.5, 0.6) is 0 Å². The molecule has 0 amide bonds. The molecule has 0 spiro atoms. The molecule has 0 radical (unpaired) electrons. The molecule has 0 aliphatic carbocycles. The molecule has 90 valence electrons. The lowest BCUT2D eigenvalue weighted by atomic mass is 10.1. The summed E-state index contributed by atoms with van der Waals surface area (Å²) in [5.74, 6) is 1.89. The Kier molecular flexibility index (Phi) is 2.63. The standard InChI is InChI=1S/C14H19N3/c1-9-5-12-13(6-10(9)2)17-14(16-12)7-11-3-4-15-8-11/h5-6,11,15H,3-4,7-8H2,1-2H3,(H,16,17). The second-order valence-corrected chi connectivity index (χ2v) is 5.20. The quantitative estimate of drug-likeness (QED) is 0.829. The van der Waals surface area contributed by atoms with Gasteiger partial charge in [-0.2, -0.15) is 0 Å². The van der Waals surface area contributed by atoms with Gasteiger partial charge in [0.1, 0.15) is 5.82 Å². The Labute approximate surface area is 102 Å². The highest BCUT2D eigenvalue weighted by molar-refractivity contribution is 5.77. The summed E-state index contributed by atoms with van der Waals surface area (Å²) in [7, 11) is 0. The van der Waals surface area contributed by atoms with Crippen molar-refractivity contribution in [2.24, 2.45) is 5.92 Å². The average molecular weight is 229 g/mol. The molecule has 1 fully saturated rings. The van der Waals surface area contributed by atoms with E-state index < -0.39 is 0 Å². The molecule has 1 saturated heterocycles. The zero-order valence-electron chi connectivity index (χ0n) is 10.5. The van der Waals surface area contributed by atoms with E-state index in [2.05, 4.69) is 36.3 Å². The fraction of sp³-hybridized carbons (Fsp3) is 0.500. The summed E-state index contributed by atoms with van der Waals surface area (Å²) in [6.07, 6.45) is 2.34. The first-order chi connectivity index (χ1) is 8.22. The van der Waals surface area contributed by atoms with Crippen molar-refractivity contribution >= 4 is 11.0 Å². The SMILES string of the molecule is Cc1cc2nc(CC3CCNC3)[nH]c2cc1C. The smallest absolute Gasteiger partial charge is 0.107 e. The number of rotatable bonds is 2. The maximum absolute atomic E-state index is 4.69. The monoisotopic (exact) mass is 229 g/mol. The van der Waals surface area contributed by atoms with Crippen molar-refractivity contribution in [1.29, 1.82) is 0 Å². The largest absolute Gasteiger partial charge is 0.342 e. The highest BCUT2D eigenvalue weighted by Crippen LogP contribution is 2.20. The summed E-state index contributed by atoms with van der Waals surface area (Å²) >= 11 is 0. The first-order valence-electron chi connectivity index (χ1n) is 6.39. The minimum Gasteiger partial charge on any atom is -0.342 e. The number of hydrogen-bond acceptors (Lipinski definition) is 2. The molecule has 2 N–H and O–H groups in total. The number of benzene rings is 1. The van der Waals surface area contributed by atoms with E-state index in [0.29, 0.717) is 0 Å². The van der Waals surface area contributed by atoms with Gasteiger partial charge in [-0.25, -0.2) is 4.98 Å². The third kappa shape index (κ3) is 2.07. The maximum atomic E-state index is 4.69. The van der Waals surface area contributed by atoms with Crippen LogP contribution in [0.15, 0.2) is 12.1 Å². The van der Waals surface area contributed by atoms with Crippen LogP contribution in [0.25, 0.3) is 11.0 Å². The van der Waals surface area contributed by atoms with Crippen LogP contribution >= 0.6 is 0 Å². The van der Waals surface area contributed by atoms with Gasteiger partial charge < -0.3 is 10.3 Å². The molecule has 0 saturated carbocycles. The van der Waals surface area contributed by atoms with Gasteiger partial charge in [0, 0.05) is 6.42 Å². The van der Waals surface area contributed by atoms with Crippen molar-refractivity contribution in [3.05, 3.63) is 29.1 Å². The van der Waals surface area contributed by atoms with Gasteiger partial charge in [-0.1, -0.05) is 0 Å². The highest BCUT2D eigenvalue weighted by atomic mass is 14.9. The van der Waals surface area contributed by atoms with Gasteiger partial charge in [-0.05, 0) is 62.5 Å². The van der Waals surface area contributed by atoms with Gasteiger partial charge in [-0.15, -0.1) is 0 Å². The molecule has 1 aromatic carbocycles. The van der Waals surface area contributed by atoms with Gasteiger partial charge in [0.15, 0.2) is 0 Å². The van der Waals surface area contributed by atoms with Crippen LogP contribution in [-0.2, 0) is 6.42 Å². The second-order valence-electron chi connectivity index (χ2n) is 5.20. The van der Waals surface area contributed by atoms with Gasteiger partial charge in [0.2, 0.25) is 0 Å². The number of imidazole rings is 1. The Bertz CT molecular complexity index is 497. The molecule has 1 aliphatic heterocycles. The maximum Gasteiger partial charge on any atom is 0.107 e. The zero-order chi connectivity index (χ0) is 11.8. The molecule has 2 heterocycles. The number of nitrogens with zero attached hydrogens (tertiary/aromatic N) is 1. The Morgan fingerprint density at radius 3 is 2.88 bits per heavy atom. The number of aromatic nitrogens is 2. The molecular weight excluding hydrogens is 210 g/mol. The Hall–Kier alpha value is -1.35. The topological polar surface area (TPSA) is 40.7 Å². The summed E-state index contributed by atoms with van der Waals surface area (Å²) in [6.45, 7) is 6.58. The van der Waals surface area contributed by atoms with E-state index in [1.54, 1.807) is 0 Å². The third-order valence-electron chi connectivity index (χ3n) is 3.79. The van der Waals surface area contributed by atoms with E-state index in [4.69, 9.17) is 4.98 Å². The zero-order valence-corrected chi connectivity index (χ0v) is 10.5. The van der Waals surface area contributed by atoms with Crippen LogP contribution in [0.2, 0.25) is 0 Å². The Morgan fingerprint density at radius 2 is 2.12 bits per heavy atom. The molecule has 1 unspecified atom stereocenters. The number of hydrogen-bond donors (Lipinski definition) is 2. The molecule has 0 bridgehead atoms. The van der Waals surface area contributed by atoms with E-state index in [1.165, 1.54) is 23.1 Å². The lowest BCUT2D eigenvalue weighted by molar-refractivity contribution is 0.565. The molecule has 17 heavy (non-hydrogen) atoms. The molecule has 2 aromatic rings. The Balaban J connectivity index is 1.90. The second kappa shape index (κ2) is 4.15. The van der Waals surface area contributed by atoms with E-state index in [1.807, 2.05) is 0 Å². The fourth-order valence-corrected chi connectivity index (χ4v) is 2.58. The number of aromatic amines is 1. The van der Waals surface area contributed by atoms with Gasteiger partial charge in [0.05, 0.1) is 11.0 Å². The first kappa shape index (κ1) is 10.8. The van der Waals surface area contributed by atoms with Crippen molar-refractivity contribution in [2.75, 3.05) is 13.1 Å². The molecule has 1 aromatic heterocycles. The van der Waals surface area contributed by atoms with Crippen molar-refractivity contribution in [3.8, 4) is 0 Å². The van der Waals surface area contributed by atoms with Crippen LogP contribution in [0, 0.1) is 19.8 Å². The number of H-pyrrole nitrogens is 1. The predicted molar refractivity (Wildman–Crippen MR) is 70.2 cm³/mol. The molecule has 3 nitrogen and oxygen atoms in total. The molecular formula is C14H19N3. The van der Waals surface area contributed by atoms with Gasteiger partial charge in [0.25, 0.3) is 0 Å². The van der Waals surface area contributed by atoms with Gasteiger partial charge >= 0.3 is 0 Å². The lowest BCUT2D eigenvalue weighted by Crippen LogP contribution is -2.11. The van der Waals surface area contributed by atoms with Crippen molar-refractivity contribution in [3.63, 3.8) is 0 Å².